The minimum absolute atomic E-state index is 0.0190. The van der Waals surface area contributed by atoms with Gasteiger partial charge in [-0.3, -0.25) is 9.52 Å². The number of halogens is 2. The molecular weight excluding hydrogens is 459 g/mol. The van der Waals surface area contributed by atoms with Crippen LogP contribution in [-0.2, 0) is 14.8 Å². The number of carbonyl (C=O) groups excluding carboxylic acids is 1. The molecule has 0 radical (unpaired) electrons. The zero-order valence-electron chi connectivity index (χ0n) is 16.5. The van der Waals surface area contributed by atoms with E-state index in [-0.39, 0.29) is 34.2 Å². The van der Waals surface area contributed by atoms with Crippen LogP contribution >= 0.6 is 23.2 Å². The summed E-state index contributed by atoms with van der Waals surface area (Å²) in [6, 6.07) is 19.5. The molecule has 0 saturated heterocycles. The highest BCUT2D eigenvalue weighted by Gasteiger charge is 2.17. The van der Waals surface area contributed by atoms with Crippen LogP contribution < -0.4 is 14.8 Å². The highest BCUT2D eigenvalue weighted by Crippen LogP contribution is 2.28. The quantitative estimate of drug-likeness (QED) is 0.474. The Labute approximate surface area is 191 Å². The molecule has 0 aliphatic carbocycles. The number of anilines is 1. The number of amides is 1. The minimum Gasteiger partial charge on any atom is -0.482 e. The maximum absolute atomic E-state index is 12.5. The molecule has 3 aromatic carbocycles. The molecule has 0 saturated carbocycles. The van der Waals surface area contributed by atoms with E-state index in [1.807, 2.05) is 19.1 Å². The van der Waals surface area contributed by atoms with Gasteiger partial charge in [-0.15, -0.1) is 0 Å². The predicted molar refractivity (Wildman–Crippen MR) is 122 cm³/mol. The van der Waals surface area contributed by atoms with Gasteiger partial charge in [-0.2, -0.15) is 0 Å². The molecule has 31 heavy (non-hydrogen) atoms. The van der Waals surface area contributed by atoms with E-state index in [0.717, 1.165) is 5.56 Å². The Balaban J connectivity index is 1.60. The zero-order chi connectivity index (χ0) is 22.4. The van der Waals surface area contributed by atoms with Crippen molar-refractivity contribution in [3.8, 4) is 5.75 Å². The highest BCUT2D eigenvalue weighted by atomic mass is 35.5. The first-order chi connectivity index (χ1) is 14.7. The number of ether oxygens (including phenoxy) is 1. The monoisotopic (exact) mass is 478 g/mol. The first-order valence-corrected chi connectivity index (χ1v) is 11.5. The molecule has 0 aromatic heterocycles. The Hall–Kier alpha value is -2.74. The van der Waals surface area contributed by atoms with Crippen molar-refractivity contribution >= 4 is 44.8 Å². The maximum atomic E-state index is 12.5. The van der Waals surface area contributed by atoms with Crippen molar-refractivity contribution in [3.05, 3.63) is 88.4 Å². The summed E-state index contributed by atoms with van der Waals surface area (Å²) < 4.78 is 33.0. The third-order valence-corrected chi connectivity index (χ3v) is 6.27. The van der Waals surface area contributed by atoms with Gasteiger partial charge in [0.2, 0.25) is 0 Å². The van der Waals surface area contributed by atoms with Crippen molar-refractivity contribution in [1.82, 2.24) is 5.32 Å². The normalized spacial score (nSPS) is 12.1. The van der Waals surface area contributed by atoms with Gasteiger partial charge in [-0.1, -0.05) is 53.5 Å². The van der Waals surface area contributed by atoms with Gasteiger partial charge >= 0.3 is 0 Å². The Morgan fingerprint density at radius 3 is 2.32 bits per heavy atom. The summed E-state index contributed by atoms with van der Waals surface area (Å²) in [6.45, 7) is 1.57. The average Bonchev–Trinajstić information content (AvgIpc) is 2.73. The lowest BCUT2D eigenvalue weighted by Gasteiger charge is -2.15. The van der Waals surface area contributed by atoms with Crippen LogP contribution in [0.5, 0.6) is 5.75 Å². The summed E-state index contributed by atoms with van der Waals surface area (Å²) in [5, 5.41) is 3.51. The molecule has 0 fully saturated rings. The number of benzene rings is 3. The fourth-order valence-electron chi connectivity index (χ4n) is 2.75. The summed E-state index contributed by atoms with van der Waals surface area (Å²) >= 11 is 12.0. The van der Waals surface area contributed by atoms with E-state index >= 15 is 0 Å². The van der Waals surface area contributed by atoms with Crippen LogP contribution in [0, 0.1) is 0 Å². The molecular formula is C22H20Cl2N2O4S. The van der Waals surface area contributed by atoms with Crippen molar-refractivity contribution in [2.45, 2.75) is 17.9 Å². The third kappa shape index (κ3) is 6.37. The second-order valence-corrected chi connectivity index (χ2v) is 9.22. The fraction of sp³-hybridized carbons (Fsp3) is 0.136. The van der Waals surface area contributed by atoms with Gasteiger partial charge in [0.1, 0.15) is 5.75 Å². The Morgan fingerprint density at radius 2 is 1.68 bits per heavy atom. The van der Waals surface area contributed by atoms with Gasteiger partial charge in [-0.05, 0) is 55.0 Å². The number of hydrogen-bond donors (Lipinski definition) is 2. The molecule has 9 heteroatoms. The van der Waals surface area contributed by atoms with Gasteiger partial charge in [0, 0.05) is 10.7 Å². The van der Waals surface area contributed by atoms with E-state index in [1.165, 1.54) is 18.2 Å². The lowest BCUT2D eigenvalue weighted by molar-refractivity contribution is -0.123. The summed E-state index contributed by atoms with van der Waals surface area (Å²) in [6.07, 6.45) is 0. The van der Waals surface area contributed by atoms with Gasteiger partial charge < -0.3 is 10.1 Å². The standard InChI is InChI=1S/C22H20Cl2N2O4S/c1-15(16-7-9-17(23)10-8-16)25-22(27)14-30-21-12-11-19(13-20(21)24)31(28,29)26-18-5-3-2-4-6-18/h2-13,15,26H,14H2,1H3,(H,25,27)/t15-/m1/s1. The SMILES string of the molecule is C[C@@H](NC(=O)COc1ccc(S(=O)(=O)Nc2ccccc2)cc1Cl)c1ccc(Cl)cc1. The van der Waals surface area contributed by atoms with Crippen LogP contribution in [0.15, 0.2) is 77.7 Å². The number of sulfonamides is 1. The molecule has 3 aromatic rings. The molecule has 0 aliphatic heterocycles. The molecule has 1 amide bonds. The van der Waals surface area contributed by atoms with Gasteiger partial charge in [0.15, 0.2) is 6.61 Å². The molecule has 0 aliphatic rings. The molecule has 0 spiro atoms. The number of hydrogen-bond acceptors (Lipinski definition) is 4. The van der Waals surface area contributed by atoms with Crippen LogP contribution in [0.2, 0.25) is 10.0 Å². The fourth-order valence-corrected chi connectivity index (χ4v) is 4.26. The third-order valence-electron chi connectivity index (χ3n) is 4.35. The van der Waals surface area contributed by atoms with Crippen LogP contribution in [0.25, 0.3) is 0 Å². The van der Waals surface area contributed by atoms with Crippen LogP contribution in [0.3, 0.4) is 0 Å². The van der Waals surface area contributed by atoms with E-state index in [4.69, 9.17) is 27.9 Å². The highest BCUT2D eigenvalue weighted by molar-refractivity contribution is 7.92. The molecule has 3 rings (SSSR count). The van der Waals surface area contributed by atoms with Crippen LogP contribution in [-0.4, -0.2) is 20.9 Å². The minimum atomic E-state index is -3.81. The van der Waals surface area contributed by atoms with E-state index in [1.54, 1.807) is 42.5 Å². The number of nitrogens with one attached hydrogen (secondary N) is 2. The topological polar surface area (TPSA) is 84.5 Å². The van der Waals surface area contributed by atoms with E-state index in [2.05, 4.69) is 10.0 Å². The molecule has 6 nitrogen and oxygen atoms in total. The lowest BCUT2D eigenvalue weighted by Crippen LogP contribution is -2.31. The van der Waals surface area contributed by atoms with E-state index < -0.39 is 10.0 Å². The molecule has 0 bridgehead atoms. The smallest absolute Gasteiger partial charge is 0.261 e. The first-order valence-electron chi connectivity index (χ1n) is 9.29. The number of carbonyl (C=O) groups is 1. The second kappa shape index (κ2) is 10.0. The van der Waals surface area contributed by atoms with Crippen molar-refractivity contribution in [2.24, 2.45) is 0 Å². The van der Waals surface area contributed by atoms with Crippen LogP contribution in [0.4, 0.5) is 5.69 Å². The van der Waals surface area contributed by atoms with Crippen LogP contribution in [0.1, 0.15) is 18.5 Å². The molecule has 1 atom stereocenters. The lowest BCUT2D eigenvalue weighted by atomic mass is 10.1. The predicted octanol–water partition coefficient (Wildman–Crippen LogP) is 5.05. The van der Waals surface area contributed by atoms with Gasteiger partial charge in [0.05, 0.1) is 16.0 Å². The summed E-state index contributed by atoms with van der Waals surface area (Å²) in [4.78, 5) is 12.2. The molecule has 0 unspecified atom stereocenters. The Morgan fingerprint density at radius 1 is 1.00 bits per heavy atom. The van der Waals surface area contributed by atoms with Gasteiger partial charge in [0.25, 0.3) is 15.9 Å². The zero-order valence-corrected chi connectivity index (χ0v) is 18.8. The first kappa shape index (κ1) is 22.9. The van der Waals surface area contributed by atoms with Crippen molar-refractivity contribution in [1.29, 1.82) is 0 Å². The molecule has 2 N–H and O–H groups in total. The van der Waals surface area contributed by atoms with Gasteiger partial charge in [-0.25, -0.2) is 8.42 Å². The van der Waals surface area contributed by atoms with E-state index in [0.29, 0.717) is 10.7 Å². The Bertz CT molecular complexity index is 1150. The molecule has 162 valence electrons. The largest absolute Gasteiger partial charge is 0.482 e. The summed E-state index contributed by atoms with van der Waals surface area (Å²) in [5.74, 6) is -0.143. The van der Waals surface area contributed by atoms with Crippen molar-refractivity contribution in [2.75, 3.05) is 11.3 Å². The van der Waals surface area contributed by atoms with E-state index in [9.17, 15) is 13.2 Å². The Kier molecular flexibility index (Phi) is 7.43. The second-order valence-electron chi connectivity index (χ2n) is 6.69. The number of para-hydroxylation sites is 1. The number of rotatable bonds is 8. The summed E-state index contributed by atoms with van der Waals surface area (Å²) in [5.41, 5.74) is 1.33. The summed E-state index contributed by atoms with van der Waals surface area (Å²) in [7, 11) is -3.81. The van der Waals surface area contributed by atoms with Crippen molar-refractivity contribution < 1.29 is 17.9 Å². The van der Waals surface area contributed by atoms with Crippen molar-refractivity contribution in [3.63, 3.8) is 0 Å². The average molecular weight is 479 g/mol. The maximum Gasteiger partial charge on any atom is 0.261 e. The molecule has 0 heterocycles.